The van der Waals surface area contributed by atoms with E-state index in [-0.39, 0.29) is 5.54 Å². The lowest BCUT2D eigenvalue weighted by Crippen LogP contribution is -2.50. The summed E-state index contributed by atoms with van der Waals surface area (Å²) in [5.74, 6) is 2.87. The predicted molar refractivity (Wildman–Crippen MR) is 61.2 cm³/mol. The number of piperidine rings is 1. The molecule has 1 heterocycles. The van der Waals surface area contributed by atoms with Crippen molar-refractivity contribution in [2.24, 2.45) is 0 Å². The van der Waals surface area contributed by atoms with Gasteiger partial charge in [0, 0.05) is 19.1 Å². The number of rotatable bonds is 2. The monoisotopic (exact) mass is 194 g/mol. The van der Waals surface area contributed by atoms with Crippen LogP contribution in [0.25, 0.3) is 0 Å². The summed E-state index contributed by atoms with van der Waals surface area (Å²) in [5.41, 5.74) is -0.0721. The summed E-state index contributed by atoms with van der Waals surface area (Å²) in [6.45, 7) is 6.51. The zero-order valence-corrected chi connectivity index (χ0v) is 9.88. The molecule has 0 aromatic rings. The first kappa shape index (κ1) is 11.6. The van der Waals surface area contributed by atoms with Crippen molar-refractivity contribution >= 4 is 0 Å². The second kappa shape index (κ2) is 4.33. The maximum atomic E-state index is 5.53. The third kappa shape index (κ3) is 2.50. The fraction of sp³-hybridized carbons (Fsp3) is 0.833. The molecule has 0 aliphatic carbocycles. The lowest BCUT2D eigenvalue weighted by atomic mass is 9.97. The van der Waals surface area contributed by atoms with E-state index in [0.717, 1.165) is 19.1 Å². The van der Waals surface area contributed by atoms with Gasteiger partial charge in [0.2, 0.25) is 0 Å². The van der Waals surface area contributed by atoms with Crippen LogP contribution in [0.3, 0.4) is 0 Å². The second-order valence-corrected chi connectivity index (χ2v) is 4.89. The topological polar surface area (TPSA) is 6.48 Å². The van der Waals surface area contributed by atoms with Gasteiger partial charge in [-0.3, -0.25) is 4.90 Å². The van der Waals surface area contributed by atoms with Gasteiger partial charge in [-0.1, -0.05) is 5.92 Å². The van der Waals surface area contributed by atoms with Crippen molar-refractivity contribution in [3.63, 3.8) is 0 Å². The molecule has 0 N–H and O–H groups in total. The Balaban J connectivity index is 2.48. The van der Waals surface area contributed by atoms with Crippen LogP contribution in [0.15, 0.2) is 0 Å². The first-order chi connectivity index (χ1) is 6.47. The van der Waals surface area contributed by atoms with E-state index >= 15 is 0 Å². The maximum Gasteiger partial charge on any atom is 0.0766 e. The van der Waals surface area contributed by atoms with E-state index in [4.69, 9.17) is 6.42 Å². The molecule has 0 unspecified atom stereocenters. The van der Waals surface area contributed by atoms with E-state index in [1.54, 1.807) is 0 Å². The molecule has 0 aromatic carbocycles. The minimum absolute atomic E-state index is 0.0721. The summed E-state index contributed by atoms with van der Waals surface area (Å²) < 4.78 is 0. The van der Waals surface area contributed by atoms with E-state index in [1.165, 1.54) is 12.8 Å². The van der Waals surface area contributed by atoms with Crippen LogP contribution < -0.4 is 0 Å². The van der Waals surface area contributed by atoms with Gasteiger partial charge in [0.1, 0.15) is 0 Å². The Bertz CT molecular complexity index is 217. The van der Waals surface area contributed by atoms with Gasteiger partial charge < -0.3 is 4.90 Å². The summed E-state index contributed by atoms with van der Waals surface area (Å²) in [6, 6.07) is 0.736. The van der Waals surface area contributed by atoms with Crippen LogP contribution in [-0.4, -0.2) is 48.6 Å². The van der Waals surface area contributed by atoms with Gasteiger partial charge in [0.05, 0.1) is 5.54 Å². The molecule has 0 radical (unpaired) electrons. The van der Waals surface area contributed by atoms with Crippen molar-refractivity contribution < 1.29 is 0 Å². The molecule has 0 amide bonds. The van der Waals surface area contributed by atoms with Crippen LogP contribution in [-0.2, 0) is 0 Å². The van der Waals surface area contributed by atoms with Crippen molar-refractivity contribution in [2.75, 3.05) is 27.2 Å². The molecule has 1 rings (SSSR count). The third-order valence-corrected chi connectivity index (χ3v) is 3.34. The molecule has 2 nitrogen and oxygen atoms in total. The highest BCUT2D eigenvalue weighted by Crippen LogP contribution is 2.21. The van der Waals surface area contributed by atoms with Crippen LogP contribution in [0.2, 0.25) is 0 Å². The van der Waals surface area contributed by atoms with Crippen molar-refractivity contribution in [3.05, 3.63) is 0 Å². The molecule has 1 aliphatic heterocycles. The second-order valence-electron chi connectivity index (χ2n) is 4.89. The molecule has 1 saturated heterocycles. The Morgan fingerprint density at radius 2 is 1.79 bits per heavy atom. The molecular weight excluding hydrogens is 172 g/mol. The molecular formula is C12H22N2. The highest BCUT2D eigenvalue weighted by atomic mass is 15.2. The highest BCUT2D eigenvalue weighted by Gasteiger charge is 2.29. The molecule has 0 spiro atoms. The Kier molecular flexibility index (Phi) is 3.58. The molecule has 14 heavy (non-hydrogen) atoms. The van der Waals surface area contributed by atoms with Gasteiger partial charge in [0.25, 0.3) is 0 Å². The molecule has 0 saturated carbocycles. The summed E-state index contributed by atoms with van der Waals surface area (Å²) in [7, 11) is 4.32. The molecule has 1 fully saturated rings. The van der Waals surface area contributed by atoms with E-state index in [1.807, 2.05) is 0 Å². The lowest BCUT2D eigenvalue weighted by Gasteiger charge is -2.41. The first-order valence-corrected chi connectivity index (χ1v) is 5.36. The van der Waals surface area contributed by atoms with E-state index in [2.05, 4.69) is 43.7 Å². The molecule has 2 heteroatoms. The zero-order valence-electron chi connectivity index (χ0n) is 9.88. The molecule has 80 valence electrons. The van der Waals surface area contributed by atoms with Crippen molar-refractivity contribution in [1.82, 2.24) is 9.80 Å². The summed E-state index contributed by atoms with van der Waals surface area (Å²) in [5, 5.41) is 0. The molecule has 0 bridgehead atoms. The summed E-state index contributed by atoms with van der Waals surface area (Å²) >= 11 is 0. The number of nitrogens with zero attached hydrogens (tertiary/aromatic N) is 2. The Labute approximate surface area is 88.3 Å². The highest BCUT2D eigenvalue weighted by molar-refractivity contribution is 5.09. The van der Waals surface area contributed by atoms with Gasteiger partial charge in [-0.2, -0.15) is 0 Å². The smallest absolute Gasteiger partial charge is 0.0766 e. The SMILES string of the molecule is C#CC(C)(C)N1CCC(N(C)C)CC1. The molecule has 0 atom stereocenters. The fourth-order valence-electron chi connectivity index (χ4n) is 2.03. The normalized spacial score (nSPS) is 21.1. The number of hydrogen-bond donors (Lipinski definition) is 0. The summed E-state index contributed by atoms with van der Waals surface area (Å²) in [4.78, 5) is 4.73. The predicted octanol–water partition coefficient (Wildman–Crippen LogP) is 1.42. The first-order valence-electron chi connectivity index (χ1n) is 5.36. The van der Waals surface area contributed by atoms with Gasteiger partial charge in [0.15, 0.2) is 0 Å². The quantitative estimate of drug-likeness (QED) is 0.614. The minimum Gasteiger partial charge on any atom is -0.306 e. The van der Waals surface area contributed by atoms with Crippen LogP contribution in [0.5, 0.6) is 0 Å². The Morgan fingerprint density at radius 3 is 2.14 bits per heavy atom. The van der Waals surface area contributed by atoms with Crippen LogP contribution >= 0.6 is 0 Å². The number of likely N-dealkylation sites (tertiary alicyclic amines) is 1. The van der Waals surface area contributed by atoms with E-state index in [0.29, 0.717) is 0 Å². The minimum atomic E-state index is -0.0721. The number of hydrogen-bond acceptors (Lipinski definition) is 2. The van der Waals surface area contributed by atoms with E-state index < -0.39 is 0 Å². The number of terminal acetylenes is 1. The van der Waals surface area contributed by atoms with Gasteiger partial charge in [-0.25, -0.2) is 0 Å². The van der Waals surface area contributed by atoms with Crippen molar-refractivity contribution in [3.8, 4) is 12.3 Å². The Morgan fingerprint density at radius 1 is 1.29 bits per heavy atom. The standard InChI is InChI=1S/C12H22N2/c1-6-12(2,3)14-9-7-11(8-10-14)13(4)5/h1,11H,7-10H2,2-5H3. The zero-order chi connectivity index (χ0) is 10.8. The van der Waals surface area contributed by atoms with Gasteiger partial charge in [-0.15, -0.1) is 6.42 Å². The van der Waals surface area contributed by atoms with Crippen molar-refractivity contribution in [2.45, 2.75) is 38.3 Å². The maximum absolute atomic E-state index is 5.53. The van der Waals surface area contributed by atoms with Crippen molar-refractivity contribution in [1.29, 1.82) is 0 Å². The average molecular weight is 194 g/mol. The largest absolute Gasteiger partial charge is 0.306 e. The lowest BCUT2D eigenvalue weighted by molar-refractivity contribution is 0.0927. The van der Waals surface area contributed by atoms with Crippen LogP contribution in [0, 0.1) is 12.3 Å². The molecule has 0 aromatic heterocycles. The fourth-order valence-corrected chi connectivity index (χ4v) is 2.03. The summed E-state index contributed by atoms with van der Waals surface area (Å²) in [6.07, 6.45) is 8.00. The molecule has 1 aliphatic rings. The van der Waals surface area contributed by atoms with E-state index in [9.17, 15) is 0 Å². The van der Waals surface area contributed by atoms with Gasteiger partial charge in [-0.05, 0) is 40.8 Å². The van der Waals surface area contributed by atoms with Crippen LogP contribution in [0.1, 0.15) is 26.7 Å². The average Bonchev–Trinajstić information content (AvgIpc) is 2.18. The third-order valence-electron chi connectivity index (χ3n) is 3.34. The van der Waals surface area contributed by atoms with Crippen LogP contribution in [0.4, 0.5) is 0 Å². The Hall–Kier alpha value is -0.520. The van der Waals surface area contributed by atoms with Gasteiger partial charge >= 0.3 is 0 Å².